The topological polar surface area (TPSA) is 75.4 Å². The molecule has 0 atom stereocenters. The highest BCUT2D eigenvalue weighted by Gasteiger charge is 2.15. The summed E-state index contributed by atoms with van der Waals surface area (Å²) in [6.45, 7) is 5.32. The third-order valence-corrected chi connectivity index (χ3v) is 3.71. The molecule has 2 aromatic rings. The highest BCUT2D eigenvalue weighted by atomic mass is 35.5. The van der Waals surface area contributed by atoms with Crippen LogP contribution >= 0.6 is 11.6 Å². The molecule has 23 heavy (non-hydrogen) atoms. The van der Waals surface area contributed by atoms with E-state index in [1.807, 2.05) is 19.1 Å². The number of hydrogen-bond acceptors (Lipinski definition) is 4. The van der Waals surface area contributed by atoms with Gasteiger partial charge in [-0.15, -0.1) is 0 Å². The first-order valence-electron chi connectivity index (χ1n) is 7.14. The van der Waals surface area contributed by atoms with Gasteiger partial charge >= 0.3 is 0 Å². The number of aromatic nitrogens is 1. The number of halogens is 1. The second-order valence-electron chi connectivity index (χ2n) is 5.23. The molecular weight excluding hydrogens is 318 g/mol. The van der Waals surface area contributed by atoms with Crippen molar-refractivity contribution in [3.63, 3.8) is 0 Å². The molecule has 1 aromatic heterocycles. The van der Waals surface area contributed by atoms with Gasteiger partial charge in [0.2, 0.25) is 11.8 Å². The minimum atomic E-state index is -0.247. The van der Waals surface area contributed by atoms with E-state index in [0.29, 0.717) is 22.3 Å². The van der Waals surface area contributed by atoms with Crippen LogP contribution in [0.25, 0.3) is 0 Å². The quantitative estimate of drug-likeness (QED) is 0.909. The molecule has 0 aliphatic carbocycles. The van der Waals surface area contributed by atoms with Gasteiger partial charge in [0.1, 0.15) is 5.76 Å². The number of carbonyl (C=O) groups excluding carboxylic acids is 2. The van der Waals surface area contributed by atoms with E-state index in [1.54, 1.807) is 19.1 Å². The van der Waals surface area contributed by atoms with E-state index < -0.39 is 0 Å². The normalized spacial score (nSPS) is 10.4. The van der Waals surface area contributed by atoms with Crippen LogP contribution in [0.15, 0.2) is 28.8 Å². The number of amides is 2. The fourth-order valence-electron chi connectivity index (χ4n) is 2.06. The first kappa shape index (κ1) is 17.0. The number of rotatable bonds is 5. The van der Waals surface area contributed by atoms with Gasteiger partial charge in [0.05, 0.1) is 0 Å². The zero-order valence-electron chi connectivity index (χ0n) is 13.2. The lowest BCUT2D eigenvalue weighted by Gasteiger charge is -2.21. The molecule has 0 spiro atoms. The zero-order valence-corrected chi connectivity index (χ0v) is 14.0. The van der Waals surface area contributed by atoms with Crippen molar-refractivity contribution in [1.82, 2.24) is 5.16 Å². The van der Waals surface area contributed by atoms with Gasteiger partial charge in [-0.1, -0.05) is 22.8 Å². The lowest BCUT2D eigenvalue weighted by molar-refractivity contribution is -0.117. The second kappa shape index (κ2) is 7.28. The van der Waals surface area contributed by atoms with Crippen molar-refractivity contribution in [3.8, 4) is 0 Å². The minimum Gasteiger partial charge on any atom is -0.360 e. The molecule has 7 heteroatoms. The third kappa shape index (κ3) is 4.56. The molecule has 0 saturated carbocycles. The van der Waals surface area contributed by atoms with Crippen molar-refractivity contribution < 1.29 is 14.1 Å². The van der Waals surface area contributed by atoms with Gasteiger partial charge < -0.3 is 14.7 Å². The molecule has 2 rings (SSSR count). The molecule has 0 aliphatic rings. The van der Waals surface area contributed by atoms with Crippen LogP contribution in [0.5, 0.6) is 0 Å². The molecule has 0 unspecified atom stereocenters. The van der Waals surface area contributed by atoms with E-state index >= 15 is 0 Å². The molecular formula is C16H18ClN3O3. The summed E-state index contributed by atoms with van der Waals surface area (Å²) in [7, 11) is 0. The summed E-state index contributed by atoms with van der Waals surface area (Å²) in [4.78, 5) is 25.3. The van der Waals surface area contributed by atoms with Gasteiger partial charge in [-0.05, 0) is 31.5 Å². The lowest BCUT2D eigenvalue weighted by atomic mass is 10.2. The molecule has 0 fully saturated rings. The average molecular weight is 336 g/mol. The minimum absolute atomic E-state index is 0.136. The van der Waals surface area contributed by atoms with Gasteiger partial charge in [0, 0.05) is 36.7 Å². The number of anilines is 2. The summed E-state index contributed by atoms with van der Waals surface area (Å²) in [5, 5.41) is 6.89. The van der Waals surface area contributed by atoms with Crippen molar-refractivity contribution in [3.05, 3.63) is 40.6 Å². The van der Waals surface area contributed by atoms with E-state index in [-0.39, 0.29) is 24.8 Å². The maximum Gasteiger partial charge on any atom is 0.227 e. The zero-order chi connectivity index (χ0) is 17.0. The second-order valence-corrected chi connectivity index (χ2v) is 5.63. The van der Waals surface area contributed by atoms with Crippen LogP contribution in [-0.4, -0.2) is 23.5 Å². The monoisotopic (exact) mass is 335 g/mol. The van der Waals surface area contributed by atoms with E-state index in [2.05, 4.69) is 10.5 Å². The number of aryl methyl sites for hydroxylation is 2. The Morgan fingerprint density at radius 3 is 2.61 bits per heavy atom. The maximum absolute atomic E-state index is 11.9. The number of nitrogens with zero attached hydrogens (tertiary/aromatic N) is 2. The summed E-state index contributed by atoms with van der Waals surface area (Å²) in [5.41, 5.74) is 1.59. The first-order chi connectivity index (χ1) is 10.9. The molecule has 0 radical (unpaired) electrons. The van der Waals surface area contributed by atoms with E-state index in [1.165, 1.54) is 11.8 Å². The predicted molar refractivity (Wildman–Crippen MR) is 88.7 cm³/mol. The molecule has 6 nitrogen and oxygen atoms in total. The molecule has 0 saturated heterocycles. The first-order valence-corrected chi connectivity index (χ1v) is 7.52. The largest absolute Gasteiger partial charge is 0.360 e. The molecule has 122 valence electrons. The van der Waals surface area contributed by atoms with Crippen LogP contribution in [-0.2, 0) is 9.59 Å². The Kier molecular flexibility index (Phi) is 5.39. The Morgan fingerprint density at radius 2 is 2.04 bits per heavy atom. The molecule has 1 heterocycles. The van der Waals surface area contributed by atoms with Gasteiger partial charge in [-0.3, -0.25) is 9.59 Å². The van der Waals surface area contributed by atoms with Crippen LogP contribution in [0.2, 0.25) is 5.02 Å². The van der Waals surface area contributed by atoms with Crippen molar-refractivity contribution in [1.29, 1.82) is 0 Å². The Morgan fingerprint density at radius 1 is 1.30 bits per heavy atom. The van der Waals surface area contributed by atoms with Gasteiger partial charge in [-0.2, -0.15) is 0 Å². The van der Waals surface area contributed by atoms with Crippen LogP contribution < -0.4 is 10.2 Å². The highest BCUT2D eigenvalue weighted by Crippen LogP contribution is 2.23. The van der Waals surface area contributed by atoms with Crippen LogP contribution in [0.4, 0.5) is 11.5 Å². The summed E-state index contributed by atoms with van der Waals surface area (Å²) in [6.07, 6.45) is 0.136. The van der Waals surface area contributed by atoms with Gasteiger partial charge in [0.25, 0.3) is 0 Å². The molecule has 2 amide bonds. The van der Waals surface area contributed by atoms with Crippen LogP contribution in [0.1, 0.15) is 24.7 Å². The Bertz CT molecular complexity index is 727. The summed E-state index contributed by atoms with van der Waals surface area (Å²) in [5.74, 6) is 0.568. The molecule has 1 N–H and O–H groups in total. The Labute approximate surface area is 139 Å². The smallest absolute Gasteiger partial charge is 0.227 e. The van der Waals surface area contributed by atoms with Gasteiger partial charge in [-0.25, -0.2) is 0 Å². The van der Waals surface area contributed by atoms with Crippen LogP contribution in [0.3, 0.4) is 0 Å². The summed E-state index contributed by atoms with van der Waals surface area (Å²) < 4.78 is 4.88. The number of carbonyl (C=O) groups is 2. The molecule has 1 aromatic carbocycles. The molecule has 0 bridgehead atoms. The Balaban J connectivity index is 2.00. The third-order valence-electron chi connectivity index (χ3n) is 3.31. The van der Waals surface area contributed by atoms with Crippen molar-refractivity contribution in [2.45, 2.75) is 27.2 Å². The van der Waals surface area contributed by atoms with Gasteiger partial charge in [0.15, 0.2) is 5.82 Å². The van der Waals surface area contributed by atoms with E-state index in [4.69, 9.17) is 16.1 Å². The van der Waals surface area contributed by atoms with Crippen molar-refractivity contribution in [2.24, 2.45) is 0 Å². The number of benzene rings is 1. The number of nitrogens with one attached hydrogen (secondary N) is 1. The predicted octanol–water partition coefficient (Wildman–Crippen LogP) is 3.33. The lowest BCUT2D eigenvalue weighted by Crippen LogP contribution is -2.32. The summed E-state index contributed by atoms with van der Waals surface area (Å²) >= 11 is 6.10. The van der Waals surface area contributed by atoms with Crippen LogP contribution in [0, 0.1) is 13.8 Å². The average Bonchev–Trinajstić information content (AvgIpc) is 2.87. The SMILES string of the molecule is CC(=O)N(CCC(=O)Nc1cc(C)on1)c1ccc(C)c(Cl)c1. The number of hydrogen-bond donors (Lipinski definition) is 1. The standard InChI is InChI=1S/C16H18ClN3O3/c1-10-4-5-13(9-14(10)17)20(12(3)21)7-6-16(22)18-15-8-11(2)23-19-15/h4-5,8-9H,6-7H2,1-3H3,(H,18,19,22). The van der Waals surface area contributed by atoms with Crippen molar-refractivity contribution in [2.75, 3.05) is 16.8 Å². The summed E-state index contributed by atoms with van der Waals surface area (Å²) in [6, 6.07) is 6.99. The fourth-order valence-corrected chi connectivity index (χ4v) is 2.24. The Hall–Kier alpha value is -2.34. The molecule has 0 aliphatic heterocycles. The van der Waals surface area contributed by atoms with E-state index in [0.717, 1.165) is 5.56 Å². The fraction of sp³-hybridized carbons (Fsp3) is 0.312. The maximum atomic E-state index is 11.9. The van der Waals surface area contributed by atoms with E-state index in [9.17, 15) is 9.59 Å². The van der Waals surface area contributed by atoms with Crippen molar-refractivity contribution >= 4 is 34.9 Å². The highest BCUT2D eigenvalue weighted by molar-refractivity contribution is 6.31.